The second-order valence-corrected chi connectivity index (χ2v) is 8.26. The Hall–Kier alpha value is -1.86. The fraction of sp³-hybridized carbons (Fsp3) is 0.333. The number of thioether (sulfide) groups is 1. The van der Waals surface area contributed by atoms with Gasteiger partial charge in [0.05, 0.1) is 10.1 Å². The molecule has 0 radical (unpaired) electrons. The lowest BCUT2D eigenvalue weighted by molar-refractivity contribution is -0.130. The maximum Gasteiger partial charge on any atom is 0.263 e. The average Bonchev–Trinajstić information content (AvgIpc) is 3.22. The van der Waals surface area contributed by atoms with E-state index < -0.39 is 0 Å². The predicted octanol–water partition coefficient (Wildman–Crippen LogP) is 3.62. The van der Waals surface area contributed by atoms with Crippen LogP contribution in [0.1, 0.15) is 27.5 Å². The molecule has 1 aromatic heterocycles. The van der Waals surface area contributed by atoms with E-state index >= 15 is 0 Å². The van der Waals surface area contributed by atoms with Crippen molar-refractivity contribution >= 4 is 34.9 Å². The van der Waals surface area contributed by atoms with Crippen LogP contribution in [0.3, 0.4) is 0 Å². The zero-order valence-electron chi connectivity index (χ0n) is 14.0. The maximum atomic E-state index is 14.2. The zero-order chi connectivity index (χ0) is 18.0. The van der Waals surface area contributed by atoms with Gasteiger partial charge in [-0.3, -0.25) is 9.59 Å². The van der Waals surface area contributed by atoms with Gasteiger partial charge in [-0.25, -0.2) is 4.39 Å². The molecule has 1 aliphatic heterocycles. The first-order valence-electron chi connectivity index (χ1n) is 7.98. The second kappa shape index (κ2) is 7.58. The Morgan fingerprint density at radius 1 is 1.28 bits per heavy atom. The van der Waals surface area contributed by atoms with Gasteiger partial charge in [-0.1, -0.05) is 24.3 Å². The van der Waals surface area contributed by atoms with E-state index in [1.165, 1.54) is 29.2 Å². The standard InChI is InChI=1S/C18H19FN2O2S2/c1-12-16(22)21(18(25-12)13-6-3-4-7-14(13)19)10-9-20(2)17(23)15-8-5-11-24-15/h3-8,11-12,18H,9-10H2,1-2H3. The van der Waals surface area contributed by atoms with Gasteiger partial charge in [0, 0.05) is 25.7 Å². The Labute approximate surface area is 154 Å². The van der Waals surface area contributed by atoms with E-state index in [4.69, 9.17) is 0 Å². The molecule has 3 rings (SSSR count). The number of rotatable bonds is 5. The molecule has 132 valence electrons. The Morgan fingerprint density at radius 2 is 2.04 bits per heavy atom. The second-order valence-electron chi connectivity index (χ2n) is 5.89. The number of carbonyl (C=O) groups excluding carboxylic acids is 2. The molecule has 1 aliphatic rings. The van der Waals surface area contributed by atoms with E-state index in [1.807, 2.05) is 18.4 Å². The van der Waals surface area contributed by atoms with Gasteiger partial charge in [0.2, 0.25) is 5.91 Å². The molecule has 0 N–H and O–H groups in total. The van der Waals surface area contributed by atoms with Gasteiger partial charge in [-0.05, 0) is 24.4 Å². The Bertz CT molecular complexity index is 766. The summed E-state index contributed by atoms with van der Waals surface area (Å²) in [6, 6.07) is 10.2. The average molecular weight is 378 g/mol. The smallest absolute Gasteiger partial charge is 0.263 e. The van der Waals surface area contributed by atoms with Gasteiger partial charge in [0.15, 0.2) is 0 Å². The summed E-state index contributed by atoms with van der Waals surface area (Å²) in [6.07, 6.45) is 0. The number of hydrogen-bond donors (Lipinski definition) is 0. The highest BCUT2D eigenvalue weighted by atomic mass is 32.2. The number of likely N-dealkylation sites (N-methyl/N-ethyl adjacent to an activating group) is 1. The molecule has 0 saturated carbocycles. The molecule has 7 heteroatoms. The summed E-state index contributed by atoms with van der Waals surface area (Å²) in [5, 5.41) is 1.29. The van der Waals surface area contributed by atoms with Crippen LogP contribution in [-0.2, 0) is 4.79 Å². The Kier molecular flexibility index (Phi) is 5.44. The number of hydrogen-bond acceptors (Lipinski definition) is 4. The van der Waals surface area contributed by atoms with Crippen LogP contribution in [0.25, 0.3) is 0 Å². The van der Waals surface area contributed by atoms with E-state index in [-0.39, 0.29) is 28.3 Å². The minimum absolute atomic E-state index is 0.0183. The van der Waals surface area contributed by atoms with Crippen LogP contribution in [0.15, 0.2) is 41.8 Å². The van der Waals surface area contributed by atoms with E-state index in [2.05, 4.69) is 0 Å². The summed E-state index contributed by atoms with van der Waals surface area (Å²) in [4.78, 5) is 28.8. The van der Waals surface area contributed by atoms with Crippen LogP contribution in [0.2, 0.25) is 0 Å². The molecule has 4 nitrogen and oxygen atoms in total. The number of thiophene rings is 1. The first-order chi connectivity index (χ1) is 12.0. The van der Waals surface area contributed by atoms with E-state index in [0.717, 1.165) is 0 Å². The van der Waals surface area contributed by atoms with Crippen LogP contribution in [0.5, 0.6) is 0 Å². The topological polar surface area (TPSA) is 40.6 Å². The molecule has 25 heavy (non-hydrogen) atoms. The summed E-state index contributed by atoms with van der Waals surface area (Å²) in [7, 11) is 1.72. The zero-order valence-corrected chi connectivity index (χ0v) is 15.6. The maximum absolute atomic E-state index is 14.2. The third-order valence-corrected chi connectivity index (χ3v) is 6.41. The molecular formula is C18H19FN2O2S2. The largest absolute Gasteiger partial charge is 0.339 e. The molecule has 2 unspecified atom stereocenters. The van der Waals surface area contributed by atoms with Crippen LogP contribution >= 0.6 is 23.1 Å². The van der Waals surface area contributed by atoms with Crippen molar-refractivity contribution in [3.05, 3.63) is 58.0 Å². The van der Waals surface area contributed by atoms with Gasteiger partial charge in [-0.2, -0.15) is 0 Å². The first-order valence-corrected chi connectivity index (χ1v) is 9.80. The number of carbonyl (C=O) groups is 2. The summed E-state index contributed by atoms with van der Waals surface area (Å²) >= 11 is 2.83. The summed E-state index contributed by atoms with van der Waals surface area (Å²) in [6.45, 7) is 2.62. The molecule has 1 saturated heterocycles. The lowest BCUT2D eigenvalue weighted by atomic mass is 10.2. The molecule has 1 aromatic carbocycles. The van der Waals surface area contributed by atoms with Crippen LogP contribution in [0.4, 0.5) is 4.39 Å². The molecule has 2 aromatic rings. The highest BCUT2D eigenvalue weighted by molar-refractivity contribution is 8.01. The van der Waals surface area contributed by atoms with Crippen molar-refractivity contribution in [2.45, 2.75) is 17.5 Å². The van der Waals surface area contributed by atoms with Crippen molar-refractivity contribution in [2.75, 3.05) is 20.1 Å². The fourth-order valence-electron chi connectivity index (χ4n) is 2.77. The molecule has 0 aliphatic carbocycles. The Morgan fingerprint density at radius 3 is 2.72 bits per heavy atom. The third kappa shape index (κ3) is 3.72. The van der Waals surface area contributed by atoms with Crippen LogP contribution in [0, 0.1) is 5.82 Å². The molecule has 0 spiro atoms. The quantitative estimate of drug-likeness (QED) is 0.798. The van der Waals surface area contributed by atoms with Crippen molar-refractivity contribution < 1.29 is 14.0 Å². The third-order valence-electron chi connectivity index (χ3n) is 4.17. The van der Waals surface area contributed by atoms with Gasteiger partial charge >= 0.3 is 0 Å². The fourth-order valence-corrected chi connectivity index (χ4v) is 4.82. The summed E-state index contributed by atoms with van der Waals surface area (Å²) < 4.78 is 14.2. The van der Waals surface area contributed by atoms with Crippen molar-refractivity contribution in [1.82, 2.24) is 9.80 Å². The van der Waals surface area contributed by atoms with E-state index in [9.17, 15) is 14.0 Å². The van der Waals surface area contributed by atoms with E-state index in [0.29, 0.717) is 23.5 Å². The van der Waals surface area contributed by atoms with Gasteiger partial charge in [0.25, 0.3) is 5.91 Å². The monoisotopic (exact) mass is 378 g/mol. The van der Waals surface area contributed by atoms with Gasteiger partial charge in [0.1, 0.15) is 11.2 Å². The Balaban J connectivity index is 1.72. The number of benzene rings is 1. The van der Waals surface area contributed by atoms with Crippen LogP contribution < -0.4 is 0 Å². The van der Waals surface area contributed by atoms with Gasteiger partial charge in [-0.15, -0.1) is 23.1 Å². The van der Waals surface area contributed by atoms with Crippen molar-refractivity contribution in [3.8, 4) is 0 Å². The van der Waals surface area contributed by atoms with E-state index in [1.54, 1.807) is 41.1 Å². The van der Waals surface area contributed by atoms with Crippen molar-refractivity contribution in [1.29, 1.82) is 0 Å². The minimum Gasteiger partial charge on any atom is -0.339 e. The lowest BCUT2D eigenvalue weighted by Crippen LogP contribution is -2.39. The highest BCUT2D eigenvalue weighted by Gasteiger charge is 2.39. The summed E-state index contributed by atoms with van der Waals surface area (Å²) in [5.41, 5.74) is 0.512. The van der Waals surface area contributed by atoms with Crippen molar-refractivity contribution in [3.63, 3.8) is 0 Å². The molecule has 1 fully saturated rings. The van der Waals surface area contributed by atoms with Crippen LogP contribution in [-0.4, -0.2) is 47.0 Å². The van der Waals surface area contributed by atoms with Gasteiger partial charge < -0.3 is 9.80 Å². The predicted molar refractivity (Wildman–Crippen MR) is 99.2 cm³/mol. The lowest BCUT2D eigenvalue weighted by Gasteiger charge is -2.27. The molecular weight excluding hydrogens is 359 g/mol. The minimum atomic E-state index is -0.353. The highest BCUT2D eigenvalue weighted by Crippen LogP contribution is 2.43. The number of amides is 2. The number of halogens is 1. The first kappa shape index (κ1) is 17.9. The molecule has 2 atom stereocenters. The molecule has 2 heterocycles. The summed E-state index contributed by atoms with van der Waals surface area (Å²) in [5.74, 6) is -0.394. The SMILES string of the molecule is CC1SC(c2ccccc2F)N(CCN(C)C(=O)c2cccs2)C1=O. The molecule has 0 bridgehead atoms. The number of nitrogens with zero attached hydrogens (tertiary/aromatic N) is 2. The normalized spacial score (nSPS) is 20.1. The van der Waals surface area contributed by atoms with Crippen molar-refractivity contribution in [2.24, 2.45) is 0 Å². The molecule has 2 amide bonds.